The van der Waals surface area contributed by atoms with Crippen molar-refractivity contribution < 1.29 is 32.9 Å². The molecule has 0 aromatic heterocycles. The van der Waals surface area contributed by atoms with E-state index in [2.05, 4.69) is 79.9 Å². The number of quaternary nitrogens is 1. The molecular formula is C47H87N2O6P. The SMILES string of the molecule is CC/C=C\C/C=C\C/C=C\C/C=C\C/C=C\CCCCCCCCCCCCCCCC(=O)NC(COP(=O)([O-])OCC[N+](C)(C)C)C(O)CCCCCCC. The summed E-state index contributed by atoms with van der Waals surface area (Å²) >= 11 is 0. The van der Waals surface area contributed by atoms with Gasteiger partial charge < -0.3 is 28.8 Å². The van der Waals surface area contributed by atoms with Gasteiger partial charge in [0.25, 0.3) is 7.82 Å². The van der Waals surface area contributed by atoms with Gasteiger partial charge in [-0.2, -0.15) is 0 Å². The van der Waals surface area contributed by atoms with Crippen molar-refractivity contribution in [2.45, 2.75) is 193 Å². The van der Waals surface area contributed by atoms with E-state index in [-0.39, 0.29) is 19.1 Å². The van der Waals surface area contributed by atoms with E-state index in [9.17, 15) is 19.4 Å². The number of aliphatic hydroxyl groups excluding tert-OH is 1. The highest BCUT2D eigenvalue weighted by Crippen LogP contribution is 2.38. The summed E-state index contributed by atoms with van der Waals surface area (Å²) in [6.45, 7) is 4.50. The van der Waals surface area contributed by atoms with E-state index in [0.717, 1.165) is 83.5 Å². The number of nitrogens with one attached hydrogen (secondary N) is 1. The molecule has 0 spiro atoms. The molecule has 1 amide bonds. The van der Waals surface area contributed by atoms with Crippen molar-refractivity contribution in [1.29, 1.82) is 0 Å². The lowest BCUT2D eigenvalue weighted by Gasteiger charge is -2.30. The number of carbonyl (C=O) groups is 1. The average molecular weight is 807 g/mol. The number of phosphoric ester groups is 1. The third-order valence-corrected chi connectivity index (χ3v) is 10.7. The van der Waals surface area contributed by atoms with Crippen molar-refractivity contribution in [1.82, 2.24) is 5.32 Å². The molecule has 326 valence electrons. The lowest BCUT2D eigenvalue weighted by Crippen LogP contribution is -2.46. The fourth-order valence-corrected chi connectivity index (χ4v) is 6.91. The topological polar surface area (TPSA) is 108 Å². The first-order valence-corrected chi connectivity index (χ1v) is 24.1. The summed E-state index contributed by atoms with van der Waals surface area (Å²) < 4.78 is 23.1. The van der Waals surface area contributed by atoms with Crippen LogP contribution in [0.15, 0.2) is 60.8 Å². The van der Waals surface area contributed by atoms with Crippen molar-refractivity contribution in [3.8, 4) is 0 Å². The van der Waals surface area contributed by atoms with Gasteiger partial charge in [-0.3, -0.25) is 9.36 Å². The molecule has 0 aliphatic heterocycles. The van der Waals surface area contributed by atoms with E-state index >= 15 is 0 Å². The maximum atomic E-state index is 12.8. The van der Waals surface area contributed by atoms with Gasteiger partial charge >= 0.3 is 0 Å². The highest BCUT2D eigenvalue weighted by molar-refractivity contribution is 7.45. The molecule has 56 heavy (non-hydrogen) atoms. The molecule has 0 aliphatic rings. The highest BCUT2D eigenvalue weighted by Gasteiger charge is 2.24. The molecule has 0 aromatic carbocycles. The summed E-state index contributed by atoms with van der Waals surface area (Å²) in [5.74, 6) is -0.176. The smallest absolute Gasteiger partial charge is 0.268 e. The maximum absolute atomic E-state index is 12.8. The average Bonchev–Trinajstić information content (AvgIpc) is 3.15. The Hall–Kier alpha value is -1.80. The molecule has 0 saturated heterocycles. The van der Waals surface area contributed by atoms with Gasteiger partial charge in [0, 0.05) is 6.42 Å². The second-order valence-electron chi connectivity index (χ2n) is 16.4. The quantitative estimate of drug-likeness (QED) is 0.0276. The van der Waals surface area contributed by atoms with Gasteiger partial charge in [0.2, 0.25) is 5.91 Å². The first-order valence-electron chi connectivity index (χ1n) is 22.6. The fourth-order valence-electron chi connectivity index (χ4n) is 6.18. The number of carbonyl (C=O) groups excluding carboxylic acids is 1. The van der Waals surface area contributed by atoms with Crippen LogP contribution < -0.4 is 10.2 Å². The van der Waals surface area contributed by atoms with Gasteiger partial charge in [-0.25, -0.2) is 0 Å². The van der Waals surface area contributed by atoms with E-state index < -0.39 is 20.0 Å². The number of unbranched alkanes of at least 4 members (excludes halogenated alkanes) is 17. The number of phosphoric acid groups is 1. The molecule has 0 bridgehead atoms. The van der Waals surface area contributed by atoms with E-state index in [1.54, 1.807) is 0 Å². The lowest BCUT2D eigenvalue weighted by molar-refractivity contribution is -0.870. The summed E-state index contributed by atoms with van der Waals surface area (Å²) in [5, 5.41) is 13.7. The van der Waals surface area contributed by atoms with Crippen LogP contribution in [0.25, 0.3) is 0 Å². The Labute approximate surface area is 345 Å². The van der Waals surface area contributed by atoms with Crippen LogP contribution in [0.3, 0.4) is 0 Å². The Balaban J connectivity index is 3.95. The van der Waals surface area contributed by atoms with Crippen LogP contribution in [0.5, 0.6) is 0 Å². The first-order chi connectivity index (χ1) is 27.0. The third-order valence-electron chi connectivity index (χ3n) is 9.77. The lowest BCUT2D eigenvalue weighted by atomic mass is 10.0. The molecule has 3 unspecified atom stereocenters. The summed E-state index contributed by atoms with van der Waals surface area (Å²) in [5.41, 5.74) is 0. The van der Waals surface area contributed by atoms with Gasteiger partial charge in [-0.05, 0) is 57.8 Å². The van der Waals surface area contributed by atoms with Gasteiger partial charge in [0.15, 0.2) is 0 Å². The number of amides is 1. The molecule has 0 radical (unpaired) electrons. The number of nitrogens with zero attached hydrogens (tertiary/aromatic N) is 1. The second kappa shape index (κ2) is 38.7. The normalized spacial score (nSPS) is 14.9. The predicted octanol–water partition coefficient (Wildman–Crippen LogP) is 12.0. The van der Waals surface area contributed by atoms with Crippen LogP contribution in [-0.2, 0) is 18.4 Å². The Morgan fingerprint density at radius 2 is 1.09 bits per heavy atom. The fraction of sp³-hybridized carbons (Fsp3) is 0.766. The third kappa shape index (κ3) is 40.4. The molecule has 0 aromatic rings. The molecule has 0 aliphatic carbocycles. The Bertz CT molecular complexity index is 1100. The van der Waals surface area contributed by atoms with Crippen LogP contribution in [0.1, 0.15) is 181 Å². The number of likely N-dealkylation sites (N-methyl/N-ethyl adjacent to an activating group) is 1. The first kappa shape index (κ1) is 54.2. The Morgan fingerprint density at radius 3 is 1.59 bits per heavy atom. The van der Waals surface area contributed by atoms with Crippen LogP contribution in [0, 0.1) is 0 Å². The van der Waals surface area contributed by atoms with Crippen molar-refractivity contribution in [2.24, 2.45) is 0 Å². The molecule has 0 saturated carbocycles. The van der Waals surface area contributed by atoms with Gasteiger partial charge in [-0.1, -0.05) is 177 Å². The van der Waals surface area contributed by atoms with Crippen molar-refractivity contribution in [3.05, 3.63) is 60.8 Å². The molecule has 3 atom stereocenters. The minimum absolute atomic E-state index is 0.00913. The largest absolute Gasteiger partial charge is 0.756 e. The number of aliphatic hydroxyl groups is 1. The van der Waals surface area contributed by atoms with E-state index in [1.807, 2.05) is 21.1 Å². The zero-order valence-electron chi connectivity index (χ0n) is 36.8. The molecule has 9 heteroatoms. The van der Waals surface area contributed by atoms with Gasteiger partial charge in [0.1, 0.15) is 13.2 Å². The Kier molecular flexibility index (Phi) is 37.5. The second-order valence-corrected chi connectivity index (χ2v) is 17.8. The van der Waals surface area contributed by atoms with Crippen molar-refractivity contribution in [2.75, 3.05) is 40.9 Å². The van der Waals surface area contributed by atoms with Crippen LogP contribution in [0.4, 0.5) is 0 Å². The maximum Gasteiger partial charge on any atom is 0.268 e. The monoisotopic (exact) mass is 807 g/mol. The summed E-state index contributed by atoms with van der Waals surface area (Å²) in [6.07, 6.45) is 50.0. The van der Waals surface area contributed by atoms with Crippen LogP contribution in [-0.4, -0.2) is 68.5 Å². The highest BCUT2D eigenvalue weighted by atomic mass is 31.2. The number of rotatable bonds is 40. The minimum atomic E-state index is -4.55. The van der Waals surface area contributed by atoms with E-state index in [4.69, 9.17) is 9.05 Å². The van der Waals surface area contributed by atoms with E-state index in [0.29, 0.717) is 23.9 Å². The number of hydrogen-bond donors (Lipinski definition) is 2. The summed E-state index contributed by atoms with van der Waals surface area (Å²) in [7, 11) is 1.29. The molecule has 8 nitrogen and oxygen atoms in total. The number of allylic oxidation sites excluding steroid dienone is 10. The molecule has 2 N–H and O–H groups in total. The van der Waals surface area contributed by atoms with Crippen molar-refractivity contribution in [3.63, 3.8) is 0 Å². The molecule has 0 fully saturated rings. The van der Waals surface area contributed by atoms with Gasteiger partial charge in [-0.15, -0.1) is 0 Å². The molecule has 0 rings (SSSR count). The molecule has 0 heterocycles. The van der Waals surface area contributed by atoms with E-state index in [1.165, 1.54) is 70.6 Å². The summed E-state index contributed by atoms with van der Waals surface area (Å²) in [6, 6.07) is -0.799. The zero-order valence-corrected chi connectivity index (χ0v) is 37.7. The standard InChI is InChI=1S/C47H87N2O6P/c1-6-8-10-12-13-14-15-16-17-18-19-20-21-22-23-24-25-26-27-28-29-30-31-32-33-34-35-37-39-41-47(51)48-45(46(50)40-38-36-11-9-7-2)44-55-56(52,53)54-43-42-49(3,4)5/h8,10,13-14,16-17,19-20,22-23,45-46,50H,6-7,9,11-12,15,18,21,24-44H2,1-5H3,(H-,48,51,52,53)/b10-8-,14-13-,17-16-,20-19-,23-22-. The van der Waals surface area contributed by atoms with Gasteiger partial charge in [0.05, 0.1) is 39.9 Å². The summed E-state index contributed by atoms with van der Waals surface area (Å²) in [4.78, 5) is 25.1. The van der Waals surface area contributed by atoms with Crippen LogP contribution in [0.2, 0.25) is 0 Å². The predicted molar refractivity (Wildman–Crippen MR) is 237 cm³/mol. The minimum Gasteiger partial charge on any atom is -0.756 e. The van der Waals surface area contributed by atoms with Crippen LogP contribution >= 0.6 is 7.82 Å². The zero-order chi connectivity index (χ0) is 41.4. The van der Waals surface area contributed by atoms with Crippen molar-refractivity contribution >= 4 is 13.7 Å². The molecular weight excluding hydrogens is 719 g/mol. The number of hydrogen-bond acceptors (Lipinski definition) is 6. The Morgan fingerprint density at radius 1 is 0.643 bits per heavy atom.